The van der Waals surface area contributed by atoms with Crippen LogP contribution >= 0.6 is 0 Å². The zero-order valence-electron chi connectivity index (χ0n) is 14.6. The largest absolute Gasteiger partial charge is 0.452 e. The van der Waals surface area contributed by atoms with Crippen LogP contribution in [0.1, 0.15) is 21.7 Å². The Morgan fingerprint density at radius 2 is 1.62 bits per heavy atom. The van der Waals surface area contributed by atoms with Gasteiger partial charge in [0.1, 0.15) is 0 Å². The lowest BCUT2D eigenvalue weighted by Gasteiger charge is -2.08. The van der Waals surface area contributed by atoms with Crippen molar-refractivity contribution in [2.75, 3.05) is 11.9 Å². The number of carbonyl (C=O) groups is 2. The Kier molecular flexibility index (Phi) is 5.12. The first-order chi connectivity index (χ1) is 12.6. The second-order valence-electron chi connectivity index (χ2n) is 5.78. The van der Waals surface area contributed by atoms with Crippen LogP contribution in [0, 0.1) is 13.8 Å². The molecule has 0 unspecified atom stereocenters. The van der Waals surface area contributed by atoms with E-state index in [0.717, 1.165) is 11.4 Å². The molecule has 0 bridgehead atoms. The van der Waals surface area contributed by atoms with Crippen molar-refractivity contribution < 1.29 is 14.3 Å². The molecule has 0 radical (unpaired) electrons. The summed E-state index contributed by atoms with van der Waals surface area (Å²) < 4.78 is 6.82. The van der Waals surface area contributed by atoms with E-state index in [-0.39, 0.29) is 6.61 Å². The molecule has 132 valence electrons. The van der Waals surface area contributed by atoms with Gasteiger partial charge in [-0.05, 0) is 38.1 Å². The monoisotopic (exact) mass is 349 g/mol. The third-order valence-corrected chi connectivity index (χ3v) is 3.90. The molecule has 1 heterocycles. The lowest BCUT2D eigenvalue weighted by atomic mass is 10.2. The fraction of sp³-hybridized carbons (Fsp3) is 0.150. The quantitative estimate of drug-likeness (QED) is 0.718. The molecular formula is C20H19N3O3. The van der Waals surface area contributed by atoms with Crippen molar-refractivity contribution in [2.45, 2.75) is 13.8 Å². The highest BCUT2D eigenvalue weighted by molar-refractivity contribution is 5.96. The minimum Gasteiger partial charge on any atom is -0.452 e. The summed E-state index contributed by atoms with van der Waals surface area (Å²) >= 11 is 0. The molecule has 2 aromatic carbocycles. The van der Waals surface area contributed by atoms with Crippen molar-refractivity contribution in [2.24, 2.45) is 0 Å². The summed E-state index contributed by atoms with van der Waals surface area (Å²) in [5.74, 6) is -0.942. The summed E-state index contributed by atoms with van der Waals surface area (Å²) in [4.78, 5) is 24.1. The van der Waals surface area contributed by atoms with Crippen molar-refractivity contribution in [3.8, 4) is 5.69 Å². The molecule has 0 fully saturated rings. The maximum absolute atomic E-state index is 12.2. The minimum atomic E-state index is -0.533. The first-order valence-corrected chi connectivity index (χ1v) is 8.20. The number of anilines is 1. The van der Waals surface area contributed by atoms with Crippen LogP contribution in [0.15, 0.2) is 60.7 Å². The normalized spacial score (nSPS) is 10.4. The zero-order valence-corrected chi connectivity index (χ0v) is 14.6. The van der Waals surface area contributed by atoms with Gasteiger partial charge in [0.25, 0.3) is 5.91 Å². The van der Waals surface area contributed by atoms with Gasteiger partial charge in [0.2, 0.25) is 0 Å². The average Bonchev–Trinajstić information content (AvgIpc) is 2.95. The molecule has 0 aliphatic rings. The number of hydrogen-bond acceptors (Lipinski definition) is 4. The topological polar surface area (TPSA) is 73.2 Å². The van der Waals surface area contributed by atoms with E-state index in [4.69, 9.17) is 4.74 Å². The maximum atomic E-state index is 12.2. The molecule has 0 spiro atoms. The molecule has 6 nitrogen and oxygen atoms in total. The van der Waals surface area contributed by atoms with Gasteiger partial charge in [-0.2, -0.15) is 5.10 Å². The zero-order chi connectivity index (χ0) is 18.5. The van der Waals surface area contributed by atoms with Gasteiger partial charge in [0, 0.05) is 0 Å². The molecule has 3 aromatic rings. The van der Waals surface area contributed by atoms with Crippen molar-refractivity contribution >= 4 is 17.6 Å². The van der Waals surface area contributed by atoms with Crippen LogP contribution in [0.25, 0.3) is 5.69 Å². The van der Waals surface area contributed by atoms with Gasteiger partial charge in [-0.3, -0.25) is 4.79 Å². The number of benzene rings is 2. The van der Waals surface area contributed by atoms with Crippen molar-refractivity contribution in [1.29, 1.82) is 0 Å². The fourth-order valence-electron chi connectivity index (χ4n) is 2.61. The molecule has 26 heavy (non-hydrogen) atoms. The molecule has 6 heteroatoms. The second-order valence-corrected chi connectivity index (χ2v) is 5.78. The number of amides is 1. The van der Waals surface area contributed by atoms with Crippen LogP contribution < -0.4 is 5.32 Å². The number of nitrogens with zero attached hydrogens (tertiary/aromatic N) is 2. The number of esters is 1. The van der Waals surface area contributed by atoms with E-state index < -0.39 is 11.9 Å². The van der Waals surface area contributed by atoms with Crippen molar-refractivity contribution in [1.82, 2.24) is 9.78 Å². The molecule has 1 N–H and O–H groups in total. The molecule has 3 rings (SSSR count). The third-order valence-electron chi connectivity index (χ3n) is 3.90. The van der Waals surface area contributed by atoms with Gasteiger partial charge >= 0.3 is 5.97 Å². The highest BCUT2D eigenvalue weighted by Gasteiger charge is 2.16. The molecule has 1 amide bonds. The Balaban J connectivity index is 1.66. The van der Waals surface area contributed by atoms with E-state index in [1.807, 2.05) is 44.2 Å². The second kappa shape index (κ2) is 7.65. The molecule has 0 saturated heterocycles. The Labute approximate surface area is 151 Å². The molecule has 0 saturated carbocycles. The van der Waals surface area contributed by atoms with E-state index in [1.54, 1.807) is 35.0 Å². The third kappa shape index (κ3) is 3.80. The molecule has 1 aromatic heterocycles. The number of aromatic nitrogens is 2. The Morgan fingerprint density at radius 3 is 2.27 bits per heavy atom. The summed E-state index contributed by atoms with van der Waals surface area (Å²) in [5.41, 5.74) is 3.42. The van der Waals surface area contributed by atoms with Gasteiger partial charge < -0.3 is 10.1 Å². The molecule has 0 atom stereocenters. The molecule has 0 aliphatic heterocycles. The minimum absolute atomic E-state index is 0.358. The van der Waals surface area contributed by atoms with E-state index in [1.165, 1.54) is 0 Å². The summed E-state index contributed by atoms with van der Waals surface area (Å²) in [7, 11) is 0. The number of nitrogens with one attached hydrogen (secondary N) is 1. The number of para-hydroxylation sites is 1. The summed E-state index contributed by atoms with van der Waals surface area (Å²) in [6.45, 7) is 3.33. The smallest absolute Gasteiger partial charge is 0.338 e. The molecule has 0 aliphatic carbocycles. The highest BCUT2D eigenvalue weighted by atomic mass is 16.5. The molecular weight excluding hydrogens is 330 g/mol. The predicted molar refractivity (Wildman–Crippen MR) is 98.4 cm³/mol. The van der Waals surface area contributed by atoms with E-state index >= 15 is 0 Å². The summed E-state index contributed by atoms with van der Waals surface area (Å²) in [5, 5.41) is 7.25. The van der Waals surface area contributed by atoms with Crippen LogP contribution in [-0.2, 0) is 9.53 Å². The van der Waals surface area contributed by atoms with Crippen LogP contribution in [0.5, 0.6) is 0 Å². The van der Waals surface area contributed by atoms with Crippen LogP contribution in [0.2, 0.25) is 0 Å². The SMILES string of the molecule is Cc1nn(-c2ccccc2)c(C)c1NC(=O)COC(=O)c1ccccc1. The first kappa shape index (κ1) is 17.4. The highest BCUT2D eigenvalue weighted by Crippen LogP contribution is 2.22. The number of aryl methyl sites for hydroxylation is 1. The van der Waals surface area contributed by atoms with Crippen molar-refractivity contribution in [3.05, 3.63) is 77.6 Å². The predicted octanol–water partition coefficient (Wildman–Crippen LogP) is 3.28. The Morgan fingerprint density at radius 1 is 1.00 bits per heavy atom. The van der Waals surface area contributed by atoms with Crippen molar-refractivity contribution in [3.63, 3.8) is 0 Å². The van der Waals surface area contributed by atoms with Gasteiger partial charge in [-0.15, -0.1) is 0 Å². The summed E-state index contributed by atoms with van der Waals surface area (Å²) in [6.07, 6.45) is 0. The van der Waals surface area contributed by atoms with Gasteiger partial charge in [0.05, 0.1) is 28.3 Å². The first-order valence-electron chi connectivity index (χ1n) is 8.20. The number of hydrogen-bond donors (Lipinski definition) is 1. The van der Waals surface area contributed by atoms with Crippen LogP contribution in [0.3, 0.4) is 0 Å². The number of carbonyl (C=O) groups excluding carboxylic acids is 2. The maximum Gasteiger partial charge on any atom is 0.338 e. The van der Waals surface area contributed by atoms with E-state index in [9.17, 15) is 9.59 Å². The number of rotatable bonds is 5. The van der Waals surface area contributed by atoms with E-state index in [0.29, 0.717) is 16.9 Å². The Hall–Kier alpha value is -3.41. The van der Waals surface area contributed by atoms with Gasteiger partial charge in [-0.25, -0.2) is 9.48 Å². The Bertz CT molecular complexity index is 918. The summed E-state index contributed by atoms with van der Waals surface area (Å²) in [6, 6.07) is 18.2. The van der Waals surface area contributed by atoms with E-state index in [2.05, 4.69) is 10.4 Å². The van der Waals surface area contributed by atoms with Gasteiger partial charge in [0.15, 0.2) is 6.61 Å². The van der Waals surface area contributed by atoms with Crippen LogP contribution in [0.4, 0.5) is 5.69 Å². The number of ether oxygens (including phenoxy) is 1. The standard InChI is InChI=1S/C20H19N3O3/c1-14-19(15(2)23(22-14)17-11-7-4-8-12-17)21-18(24)13-26-20(25)16-9-5-3-6-10-16/h3-12H,13H2,1-2H3,(H,21,24). The van der Waals surface area contributed by atoms with Gasteiger partial charge in [-0.1, -0.05) is 36.4 Å². The fourth-order valence-corrected chi connectivity index (χ4v) is 2.61. The lowest BCUT2D eigenvalue weighted by Crippen LogP contribution is -2.21. The lowest BCUT2D eigenvalue weighted by molar-refractivity contribution is -0.119. The average molecular weight is 349 g/mol. The van der Waals surface area contributed by atoms with Crippen LogP contribution in [-0.4, -0.2) is 28.3 Å².